The molecule has 0 aromatic heterocycles. The molecule has 6 heteroatoms. The zero-order chi connectivity index (χ0) is 18.5. The number of hydrogen-bond acceptors (Lipinski definition) is 5. The zero-order valence-electron chi connectivity index (χ0n) is 15.5. The minimum atomic E-state index is 0.0609. The Balaban J connectivity index is 1.78. The summed E-state index contributed by atoms with van der Waals surface area (Å²) in [6.07, 6.45) is 7.61. The molecular formula is C20H26N2OS3. The standard InChI is InChI=1S/C20H26N2OS3/c1-3-5-6-7-8-11-14-22-15-12-9-10-13-16(15)25-19(22)17-18(23)21(4-2)20(24)26-17/h9-10,12-13H,3-8,11,14H2,1-2H3. The third-order valence-corrected chi connectivity index (χ3v) is 7.45. The van der Waals surface area contributed by atoms with E-state index in [1.807, 2.05) is 6.92 Å². The van der Waals surface area contributed by atoms with Crippen LogP contribution in [0.5, 0.6) is 0 Å². The molecule has 1 saturated heterocycles. The lowest BCUT2D eigenvalue weighted by Gasteiger charge is -2.21. The summed E-state index contributed by atoms with van der Waals surface area (Å²) in [6, 6.07) is 8.44. The van der Waals surface area contributed by atoms with E-state index >= 15 is 0 Å². The van der Waals surface area contributed by atoms with E-state index in [1.54, 1.807) is 16.7 Å². The summed E-state index contributed by atoms with van der Waals surface area (Å²) in [7, 11) is 0. The molecule has 26 heavy (non-hydrogen) atoms. The average molecular weight is 407 g/mol. The number of carbonyl (C=O) groups is 1. The number of carbonyl (C=O) groups excluding carboxylic acids is 1. The molecule has 0 bridgehead atoms. The molecule has 1 aromatic rings. The number of hydrogen-bond donors (Lipinski definition) is 0. The van der Waals surface area contributed by atoms with Gasteiger partial charge in [-0.15, -0.1) is 0 Å². The van der Waals surface area contributed by atoms with Crippen molar-refractivity contribution in [3.63, 3.8) is 0 Å². The fourth-order valence-corrected chi connectivity index (χ4v) is 6.00. The molecule has 3 nitrogen and oxygen atoms in total. The Morgan fingerprint density at radius 1 is 0.962 bits per heavy atom. The smallest absolute Gasteiger partial charge is 0.268 e. The molecule has 0 radical (unpaired) electrons. The molecule has 0 aliphatic carbocycles. The molecule has 2 aliphatic heterocycles. The van der Waals surface area contributed by atoms with Gasteiger partial charge in [-0.25, -0.2) is 0 Å². The fraction of sp³-hybridized carbons (Fsp3) is 0.500. The number of anilines is 1. The molecule has 0 spiro atoms. The van der Waals surface area contributed by atoms with Gasteiger partial charge in [0.05, 0.1) is 5.69 Å². The van der Waals surface area contributed by atoms with Crippen LogP contribution in [0.3, 0.4) is 0 Å². The fourth-order valence-electron chi connectivity index (χ4n) is 3.28. The van der Waals surface area contributed by atoms with Gasteiger partial charge in [-0.05, 0) is 25.5 Å². The Bertz CT molecular complexity index is 717. The Hall–Kier alpha value is -0.980. The van der Waals surface area contributed by atoms with Crippen LogP contribution in [0.25, 0.3) is 0 Å². The van der Waals surface area contributed by atoms with Crippen molar-refractivity contribution < 1.29 is 4.79 Å². The Kier molecular flexibility index (Phi) is 7.06. The number of rotatable bonds is 8. The van der Waals surface area contributed by atoms with Crippen LogP contribution in [0.15, 0.2) is 39.1 Å². The predicted octanol–water partition coefficient (Wildman–Crippen LogP) is 6.01. The van der Waals surface area contributed by atoms with E-state index < -0.39 is 0 Å². The minimum Gasteiger partial charge on any atom is -0.334 e. The van der Waals surface area contributed by atoms with E-state index in [1.165, 1.54) is 54.4 Å². The summed E-state index contributed by atoms with van der Waals surface area (Å²) in [6.45, 7) is 5.82. The highest BCUT2D eigenvalue weighted by molar-refractivity contribution is 8.27. The quantitative estimate of drug-likeness (QED) is 0.299. The third kappa shape index (κ3) is 4.12. The van der Waals surface area contributed by atoms with Gasteiger partial charge in [-0.1, -0.05) is 86.9 Å². The van der Waals surface area contributed by atoms with E-state index in [0.29, 0.717) is 10.9 Å². The maximum absolute atomic E-state index is 12.8. The van der Waals surface area contributed by atoms with Crippen LogP contribution in [0.2, 0.25) is 0 Å². The second kappa shape index (κ2) is 9.29. The van der Waals surface area contributed by atoms with Gasteiger partial charge in [0, 0.05) is 18.0 Å². The largest absolute Gasteiger partial charge is 0.334 e. The maximum atomic E-state index is 12.8. The Morgan fingerprint density at radius 2 is 1.69 bits per heavy atom. The van der Waals surface area contributed by atoms with E-state index in [0.717, 1.165) is 22.9 Å². The number of thioether (sulfide) groups is 2. The number of para-hydroxylation sites is 1. The number of unbranched alkanes of at least 4 members (excludes halogenated alkanes) is 5. The lowest BCUT2D eigenvalue weighted by molar-refractivity contribution is -0.122. The molecule has 2 aliphatic rings. The molecule has 1 amide bonds. The van der Waals surface area contributed by atoms with Crippen molar-refractivity contribution >= 4 is 51.7 Å². The molecule has 3 rings (SSSR count). The van der Waals surface area contributed by atoms with Crippen molar-refractivity contribution in [2.24, 2.45) is 0 Å². The molecule has 140 valence electrons. The number of amides is 1. The third-order valence-electron chi connectivity index (χ3n) is 4.70. The van der Waals surface area contributed by atoms with E-state index in [9.17, 15) is 4.79 Å². The molecule has 1 fully saturated rings. The van der Waals surface area contributed by atoms with Crippen LogP contribution < -0.4 is 4.90 Å². The normalized spacial score (nSPS) is 19.6. The van der Waals surface area contributed by atoms with Gasteiger partial charge in [0.1, 0.15) is 14.3 Å². The van der Waals surface area contributed by atoms with Gasteiger partial charge in [0.15, 0.2) is 0 Å². The summed E-state index contributed by atoms with van der Waals surface area (Å²) in [5, 5.41) is 1.06. The van der Waals surface area contributed by atoms with Crippen LogP contribution in [-0.4, -0.2) is 28.2 Å². The van der Waals surface area contributed by atoms with Crippen molar-refractivity contribution in [2.45, 2.75) is 57.3 Å². The Labute approximate surface area is 170 Å². The lowest BCUT2D eigenvalue weighted by atomic mass is 10.1. The van der Waals surface area contributed by atoms with Crippen LogP contribution in [0, 0.1) is 0 Å². The van der Waals surface area contributed by atoms with Gasteiger partial charge in [0.2, 0.25) is 0 Å². The summed E-state index contributed by atoms with van der Waals surface area (Å²) < 4.78 is 0.677. The highest BCUT2D eigenvalue weighted by atomic mass is 32.2. The number of thiocarbonyl (C=S) groups is 1. The van der Waals surface area contributed by atoms with Crippen LogP contribution in [0.4, 0.5) is 5.69 Å². The summed E-state index contributed by atoms with van der Waals surface area (Å²) in [5.74, 6) is 0.0609. The SMILES string of the molecule is CCCCCCCCN1C(=C2SC(=S)N(CC)C2=O)Sc2ccccc21. The van der Waals surface area contributed by atoms with Crippen LogP contribution >= 0.6 is 35.7 Å². The van der Waals surface area contributed by atoms with Crippen LogP contribution in [-0.2, 0) is 4.79 Å². The van der Waals surface area contributed by atoms with Gasteiger partial charge in [-0.3, -0.25) is 9.69 Å². The van der Waals surface area contributed by atoms with Gasteiger partial charge >= 0.3 is 0 Å². The molecular weight excluding hydrogens is 380 g/mol. The topological polar surface area (TPSA) is 23.6 Å². The highest BCUT2D eigenvalue weighted by Crippen LogP contribution is 2.50. The van der Waals surface area contributed by atoms with Gasteiger partial charge < -0.3 is 4.90 Å². The average Bonchev–Trinajstić information content (AvgIpc) is 3.14. The first kappa shape index (κ1) is 19.8. The first-order valence-corrected chi connectivity index (χ1v) is 11.5. The summed E-state index contributed by atoms with van der Waals surface area (Å²) in [5.41, 5.74) is 1.22. The van der Waals surface area contributed by atoms with E-state index in [-0.39, 0.29) is 5.91 Å². The first-order valence-electron chi connectivity index (χ1n) is 9.49. The first-order chi connectivity index (χ1) is 12.7. The van der Waals surface area contributed by atoms with Crippen LogP contribution in [0.1, 0.15) is 52.4 Å². The lowest BCUT2D eigenvalue weighted by Crippen LogP contribution is -2.28. The van der Waals surface area contributed by atoms with E-state index in [4.69, 9.17) is 12.2 Å². The second-order valence-corrected chi connectivity index (χ2v) is 9.22. The number of nitrogens with zero attached hydrogens (tertiary/aromatic N) is 2. The monoisotopic (exact) mass is 406 g/mol. The van der Waals surface area contributed by atoms with Crippen molar-refractivity contribution in [1.82, 2.24) is 4.90 Å². The minimum absolute atomic E-state index is 0.0609. The second-order valence-electron chi connectivity index (χ2n) is 6.54. The number of benzene rings is 1. The molecule has 0 atom stereocenters. The molecule has 0 N–H and O–H groups in total. The number of likely N-dealkylation sites (N-methyl/N-ethyl adjacent to an activating group) is 1. The molecule has 1 aromatic carbocycles. The Morgan fingerprint density at radius 3 is 2.42 bits per heavy atom. The highest BCUT2D eigenvalue weighted by Gasteiger charge is 2.38. The van der Waals surface area contributed by atoms with Crippen molar-refractivity contribution in [3.05, 3.63) is 34.2 Å². The number of fused-ring (bicyclic) bond motifs is 1. The van der Waals surface area contributed by atoms with E-state index in [2.05, 4.69) is 36.1 Å². The molecule has 0 saturated carbocycles. The van der Waals surface area contributed by atoms with Gasteiger partial charge in [0.25, 0.3) is 5.91 Å². The summed E-state index contributed by atoms with van der Waals surface area (Å²) in [4.78, 5) is 18.9. The zero-order valence-corrected chi connectivity index (χ0v) is 17.9. The molecule has 0 unspecified atom stereocenters. The summed E-state index contributed by atoms with van der Waals surface area (Å²) >= 11 is 8.57. The van der Waals surface area contributed by atoms with Gasteiger partial charge in [-0.2, -0.15) is 0 Å². The molecule has 2 heterocycles. The van der Waals surface area contributed by atoms with Crippen molar-refractivity contribution in [3.8, 4) is 0 Å². The predicted molar refractivity (Wildman–Crippen MR) is 118 cm³/mol. The maximum Gasteiger partial charge on any atom is 0.268 e. The van der Waals surface area contributed by atoms with Crippen molar-refractivity contribution in [2.75, 3.05) is 18.0 Å². The van der Waals surface area contributed by atoms with Crippen molar-refractivity contribution in [1.29, 1.82) is 0 Å².